The molecule has 1 heterocycles. The summed E-state index contributed by atoms with van der Waals surface area (Å²) in [7, 11) is 1.82. The Bertz CT molecular complexity index is 684. The lowest BCUT2D eigenvalue weighted by molar-refractivity contribution is 0.0170. The van der Waals surface area contributed by atoms with Crippen molar-refractivity contribution in [1.29, 1.82) is 0 Å². The molecule has 3 rings (SSSR count). The first-order valence-corrected chi connectivity index (χ1v) is 9.72. The van der Waals surface area contributed by atoms with Crippen LogP contribution in [-0.4, -0.2) is 57.3 Å². The van der Waals surface area contributed by atoms with Gasteiger partial charge in [-0.2, -0.15) is 0 Å². The van der Waals surface area contributed by atoms with Gasteiger partial charge in [0, 0.05) is 33.2 Å². The molecular formula is C22H30N4O. The highest BCUT2D eigenvalue weighted by Gasteiger charge is 2.22. The van der Waals surface area contributed by atoms with E-state index in [9.17, 15) is 0 Å². The Balaban J connectivity index is 1.54. The molecule has 27 heavy (non-hydrogen) atoms. The molecule has 0 bridgehead atoms. The Morgan fingerprint density at radius 2 is 1.67 bits per heavy atom. The molecule has 1 aliphatic rings. The van der Waals surface area contributed by atoms with E-state index in [4.69, 9.17) is 4.74 Å². The molecule has 144 valence electrons. The number of ether oxygens (including phenoxy) is 1. The molecule has 2 aromatic carbocycles. The van der Waals surface area contributed by atoms with E-state index in [0.717, 1.165) is 51.8 Å². The summed E-state index contributed by atoms with van der Waals surface area (Å²) in [5, 5.41) is 6.93. The quantitative estimate of drug-likeness (QED) is 0.584. The highest BCUT2D eigenvalue weighted by atomic mass is 16.5. The minimum atomic E-state index is 0.308. The molecule has 2 aromatic rings. The Labute approximate surface area is 162 Å². The zero-order valence-electron chi connectivity index (χ0n) is 16.1. The van der Waals surface area contributed by atoms with Gasteiger partial charge in [0.2, 0.25) is 0 Å². The molecule has 5 nitrogen and oxygen atoms in total. The highest BCUT2D eigenvalue weighted by molar-refractivity contribution is 5.79. The second kappa shape index (κ2) is 10.7. The lowest BCUT2D eigenvalue weighted by Gasteiger charge is -2.35. The first-order valence-electron chi connectivity index (χ1n) is 9.72. The van der Waals surface area contributed by atoms with E-state index in [1.165, 1.54) is 11.1 Å². The fourth-order valence-electron chi connectivity index (χ4n) is 3.41. The van der Waals surface area contributed by atoms with Crippen molar-refractivity contribution in [3.63, 3.8) is 0 Å². The molecule has 1 atom stereocenters. The second-order valence-electron chi connectivity index (χ2n) is 6.69. The molecule has 0 aliphatic carbocycles. The number of nitrogens with zero attached hydrogens (tertiary/aromatic N) is 2. The molecule has 0 spiro atoms. The lowest BCUT2D eigenvalue weighted by atomic mass is 10.0. The predicted molar refractivity (Wildman–Crippen MR) is 111 cm³/mol. The molecule has 0 radical (unpaired) electrons. The SMILES string of the molecule is CN=C(NCCc1ccccc1)NCC(c1ccccc1)N1CCOCC1. The number of hydrogen-bond donors (Lipinski definition) is 2. The fraction of sp³-hybridized carbons (Fsp3) is 0.409. The highest BCUT2D eigenvalue weighted by Crippen LogP contribution is 2.20. The first kappa shape index (κ1) is 19.4. The second-order valence-corrected chi connectivity index (χ2v) is 6.69. The maximum atomic E-state index is 5.53. The normalized spacial score (nSPS) is 16.7. The predicted octanol–water partition coefficient (Wildman–Crippen LogP) is 2.47. The van der Waals surface area contributed by atoms with Gasteiger partial charge in [0.05, 0.1) is 19.3 Å². The van der Waals surface area contributed by atoms with Crippen molar-refractivity contribution in [1.82, 2.24) is 15.5 Å². The van der Waals surface area contributed by atoms with Crippen molar-refractivity contribution in [2.75, 3.05) is 46.4 Å². The molecule has 1 aliphatic heterocycles. The standard InChI is InChI=1S/C22H30N4O/c1-23-22(24-13-12-19-8-4-2-5-9-19)25-18-21(20-10-6-3-7-11-20)26-14-16-27-17-15-26/h2-11,21H,12-18H2,1H3,(H2,23,24,25). The van der Waals surface area contributed by atoms with Gasteiger partial charge in [-0.1, -0.05) is 60.7 Å². The summed E-state index contributed by atoms with van der Waals surface area (Å²) >= 11 is 0. The largest absolute Gasteiger partial charge is 0.379 e. The van der Waals surface area contributed by atoms with Gasteiger partial charge in [-0.05, 0) is 17.5 Å². The summed E-state index contributed by atoms with van der Waals surface area (Å²) in [6, 6.07) is 21.5. The van der Waals surface area contributed by atoms with Crippen LogP contribution in [0, 0.1) is 0 Å². The van der Waals surface area contributed by atoms with Gasteiger partial charge in [0.25, 0.3) is 0 Å². The van der Waals surface area contributed by atoms with Gasteiger partial charge in [-0.25, -0.2) is 0 Å². The molecule has 0 amide bonds. The monoisotopic (exact) mass is 366 g/mol. The zero-order chi connectivity index (χ0) is 18.7. The van der Waals surface area contributed by atoms with Crippen molar-refractivity contribution in [2.24, 2.45) is 4.99 Å². The van der Waals surface area contributed by atoms with Crippen molar-refractivity contribution >= 4 is 5.96 Å². The molecule has 1 saturated heterocycles. The number of guanidine groups is 1. The summed E-state index contributed by atoms with van der Waals surface area (Å²) < 4.78 is 5.53. The van der Waals surface area contributed by atoms with Gasteiger partial charge in [-0.3, -0.25) is 9.89 Å². The minimum Gasteiger partial charge on any atom is -0.379 e. The van der Waals surface area contributed by atoms with E-state index in [1.54, 1.807) is 0 Å². The van der Waals surface area contributed by atoms with Gasteiger partial charge in [-0.15, -0.1) is 0 Å². The van der Waals surface area contributed by atoms with E-state index in [-0.39, 0.29) is 0 Å². The summed E-state index contributed by atoms with van der Waals surface area (Å²) in [6.07, 6.45) is 0.979. The van der Waals surface area contributed by atoms with Crippen LogP contribution in [0.15, 0.2) is 65.7 Å². The molecule has 1 unspecified atom stereocenters. The Kier molecular flexibility index (Phi) is 7.69. The van der Waals surface area contributed by atoms with Crippen LogP contribution in [0.3, 0.4) is 0 Å². The average Bonchev–Trinajstić information content (AvgIpc) is 2.75. The number of hydrogen-bond acceptors (Lipinski definition) is 3. The van der Waals surface area contributed by atoms with Crippen LogP contribution >= 0.6 is 0 Å². The molecular weight excluding hydrogens is 336 g/mol. The summed E-state index contributed by atoms with van der Waals surface area (Å²) in [6.45, 7) is 5.19. The Morgan fingerprint density at radius 1 is 1.00 bits per heavy atom. The van der Waals surface area contributed by atoms with Crippen LogP contribution in [0.5, 0.6) is 0 Å². The molecule has 0 saturated carbocycles. The Hall–Kier alpha value is -2.37. The van der Waals surface area contributed by atoms with Crippen LogP contribution in [-0.2, 0) is 11.2 Å². The lowest BCUT2D eigenvalue weighted by Crippen LogP contribution is -2.46. The fourth-order valence-corrected chi connectivity index (χ4v) is 3.41. The smallest absolute Gasteiger partial charge is 0.191 e. The van der Waals surface area contributed by atoms with Crippen molar-refractivity contribution in [2.45, 2.75) is 12.5 Å². The van der Waals surface area contributed by atoms with E-state index < -0.39 is 0 Å². The molecule has 0 aromatic heterocycles. The van der Waals surface area contributed by atoms with Gasteiger partial charge < -0.3 is 15.4 Å². The molecule has 5 heteroatoms. The van der Waals surface area contributed by atoms with E-state index in [1.807, 2.05) is 13.1 Å². The van der Waals surface area contributed by atoms with Crippen molar-refractivity contribution < 1.29 is 4.74 Å². The maximum absolute atomic E-state index is 5.53. The minimum absolute atomic E-state index is 0.308. The van der Waals surface area contributed by atoms with Crippen molar-refractivity contribution in [3.8, 4) is 0 Å². The van der Waals surface area contributed by atoms with Crippen LogP contribution in [0.25, 0.3) is 0 Å². The summed E-state index contributed by atoms with van der Waals surface area (Å²) in [5.74, 6) is 0.847. The third-order valence-corrected chi connectivity index (χ3v) is 4.91. The molecule has 2 N–H and O–H groups in total. The van der Waals surface area contributed by atoms with E-state index in [2.05, 4.69) is 75.1 Å². The average molecular weight is 367 g/mol. The van der Waals surface area contributed by atoms with Gasteiger partial charge in [0.1, 0.15) is 0 Å². The number of morpholine rings is 1. The van der Waals surface area contributed by atoms with Gasteiger partial charge in [0.15, 0.2) is 5.96 Å². The maximum Gasteiger partial charge on any atom is 0.191 e. The number of benzene rings is 2. The first-order chi connectivity index (χ1) is 13.4. The summed E-state index contributed by atoms with van der Waals surface area (Å²) in [4.78, 5) is 6.87. The Morgan fingerprint density at radius 3 is 2.33 bits per heavy atom. The van der Waals surface area contributed by atoms with Crippen LogP contribution in [0.4, 0.5) is 0 Å². The number of nitrogens with one attached hydrogen (secondary N) is 2. The van der Waals surface area contributed by atoms with E-state index in [0.29, 0.717) is 6.04 Å². The van der Waals surface area contributed by atoms with Gasteiger partial charge >= 0.3 is 0 Å². The third-order valence-electron chi connectivity index (χ3n) is 4.91. The summed E-state index contributed by atoms with van der Waals surface area (Å²) in [5.41, 5.74) is 2.66. The third kappa shape index (κ3) is 6.08. The van der Waals surface area contributed by atoms with Crippen molar-refractivity contribution in [3.05, 3.63) is 71.8 Å². The van der Waals surface area contributed by atoms with Crippen LogP contribution < -0.4 is 10.6 Å². The van der Waals surface area contributed by atoms with Crippen LogP contribution in [0.1, 0.15) is 17.2 Å². The zero-order valence-corrected chi connectivity index (χ0v) is 16.1. The topological polar surface area (TPSA) is 48.9 Å². The number of rotatable bonds is 7. The molecule has 1 fully saturated rings. The number of aliphatic imine (C=N–C) groups is 1. The van der Waals surface area contributed by atoms with E-state index >= 15 is 0 Å². The van der Waals surface area contributed by atoms with Crippen LogP contribution in [0.2, 0.25) is 0 Å².